The second-order valence-electron chi connectivity index (χ2n) is 9.08. The minimum atomic E-state index is 0.268. The Morgan fingerprint density at radius 1 is 0.710 bits per heavy atom. The fourth-order valence-electron chi connectivity index (χ4n) is 5.88. The predicted molar refractivity (Wildman–Crippen MR) is 135 cm³/mol. The van der Waals surface area contributed by atoms with E-state index in [1.807, 2.05) is 0 Å². The van der Waals surface area contributed by atoms with Crippen LogP contribution >= 0.6 is 0 Å². The van der Waals surface area contributed by atoms with Gasteiger partial charge in [-0.3, -0.25) is 0 Å². The van der Waals surface area contributed by atoms with Crippen LogP contribution in [0.25, 0.3) is 16.8 Å². The van der Waals surface area contributed by atoms with Crippen molar-refractivity contribution in [3.8, 4) is 0 Å². The largest absolute Gasteiger partial charge is 0.242 e. The van der Waals surface area contributed by atoms with Crippen LogP contribution < -0.4 is 10.9 Å². The highest BCUT2D eigenvalue weighted by Gasteiger charge is 2.32. The first-order chi connectivity index (χ1) is 15.4. The van der Waals surface area contributed by atoms with E-state index in [1.54, 1.807) is 5.57 Å². The Morgan fingerprint density at radius 3 is 2.55 bits per heavy atom. The van der Waals surface area contributed by atoms with E-state index in [1.165, 1.54) is 57.6 Å². The van der Waals surface area contributed by atoms with Gasteiger partial charge in [0.15, 0.2) is 0 Å². The van der Waals surface area contributed by atoms with Crippen molar-refractivity contribution >= 4 is 34.5 Å². The average molecular weight is 398 g/mol. The standard InChI is InChI=1S/C30H27B/c1-4-16-25-22(10-1)13-7-19-28(25)31(29-20-8-14-23-11-2-5-17-26(23)29)30-21-9-15-24-12-3-6-18-27(24)30/h1-2,4,6-11,13-14,16,18-21,24H,3,5,12,15,17H2. The summed E-state index contributed by atoms with van der Waals surface area (Å²) >= 11 is 0. The van der Waals surface area contributed by atoms with Crippen LogP contribution in [-0.4, -0.2) is 6.71 Å². The summed E-state index contributed by atoms with van der Waals surface area (Å²) < 4.78 is 0. The van der Waals surface area contributed by atoms with Crippen LogP contribution in [0.4, 0.5) is 0 Å². The first kappa shape index (κ1) is 18.7. The lowest BCUT2D eigenvalue weighted by molar-refractivity contribution is 0.564. The quantitative estimate of drug-likeness (QED) is 0.463. The first-order valence-corrected chi connectivity index (χ1v) is 11.7. The summed E-state index contributed by atoms with van der Waals surface area (Å²) in [5.74, 6) is 0.668. The van der Waals surface area contributed by atoms with E-state index in [0.29, 0.717) is 5.92 Å². The van der Waals surface area contributed by atoms with E-state index >= 15 is 0 Å². The summed E-state index contributed by atoms with van der Waals surface area (Å²) in [5, 5.41) is 2.71. The fraction of sp³-hybridized carbons (Fsp3) is 0.200. The molecule has 0 bridgehead atoms. The van der Waals surface area contributed by atoms with Crippen molar-refractivity contribution < 1.29 is 0 Å². The van der Waals surface area contributed by atoms with Gasteiger partial charge in [-0.15, -0.1) is 0 Å². The van der Waals surface area contributed by atoms with E-state index in [4.69, 9.17) is 0 Å². The average Bonchev–Trinajstić information content (AvgIpc) is 2.85. The van der Waals surface area contributed by atoms with Gasteiger partial charge in [-0.05, 0) is 65.5 Å². The molecule has 0 N–H and O–H groups in total. The molecule has 1 unspecified atom stereocenters. The molecule has 3 aliphatic rings. The Balaban J connectivity index is 1.66. The van der Waals surface area contributed by atoms with E-state index in [9.17, 15) is 0 Å². The Labute approximate surface area is 185 Å². The number of rotatable bonds is 3. The molecule has 0 saturated heterocycles. The van der Waals surface area contributed by atoms with Gasteiger partial charge in [-0.2, -0.15) is 0 Å². The van der Waals surface area contributed by atoms with Gasteiger partial charge in [0, 0.05) is 0 Å². The zero-order chi connectivity index (χ0) is 20.6. The maximum atomic E-state index is 2.44. The monoisotopic (exact) mass is 398 g/mol. The molecule has 6 rings (SSSR count). The summed E-state index contributed by atoms with van der Waals surface area (Å²) in [7, 11) is 0. The molecule has 0 fully saturated rings. The highest BCUT2D eigenvalue weighted by atomic mass is 14.2. The molecular weight excluding hydrogens is 371 g/mol. The van der Waals surface area contributed by atoms with Gasteiger partial charge in [0.2, 0.25) is 6.71 Å². The highest BCUT2D eigenvalue weighted by Crippen LogP contribution is 2.35. The number of allylic oxidation sites excluding steroid dienone is 7. The molecule has 0 aromatic heterocycles. The summed E-state index contributed by atoms with van der Waals surface area (Å²) in [6, 6.07) is 22.7. The lowest BCUT2D eigenvalue weighted by atomic mass is 9.33. The molecule has 150 valence electrons. The molecule has 3 aromatic carbocycles. The molecule has 3 aliphatic carbocycles. The molecule has 0 heterocycles. The van der Waals surface area contributed by atoms with Gasteiger partial charge >= 0.3 is 0 Å². The first-order valence-electron chi connectivity index (χ1n) is 11.7. The van der Waals surface area contributed by atoms with Crippen molar-refractivity contribution in [2.75, 3.05) is 0 Å². The number of benzene rings is 3. The van der Waals surface area contributed by atoms with Gasteiger partial charge in [0.05, 0.1) is 0 Å². The van der Waals surface area contributed by atoms with Crippen LogP contribution in [0.2, 0.25) is 0 Å². The lowest BCUT2D eigenvalue weighted by Gasteiger charge is -2.31. The predicted octanol–water partition coefficient (Wildman–Crippen LogP) is 6.17. The Morgan fingerprint density at radius 2 is 1.55 bits per heavy atom. The van der Waals surface area contributed by atoms with Gasteiger partial charge in [-0.1, -0.05) is 114 Å². The smallest absolute Gasteiger partial charge is 0.0844 e. The third kappa shape index (κ3) is 3.24. The van der Waals surface area contributed by atoms with Gasteiger partial charge in [0.25, 0.3) is 0 Å². The van der Waals surface area contributed by atoms with Crippen LogP contribution in [0.1, 0.15) is 36.8 Å². The van der Waals surface area contributed by atoms with Crippen molar-refractivity contribution in [3.05, 3.63) is 113 Å². The Kier molecular flexibility index (Phi) is 4.76. The number of hydrogen-bond acceptors (Lipinski definition) is 0. The molecule has 0 nitrogen and oxygen atoms in total. The Bertz CT molecular complexity index is 1270. The van der Waals surface area contributed by atoms with Crippen LogP contribution in [0.15, 0.2) is 102 Å². The third-order valence-electron chi connectivity index (χ3n) is 7.33. The topological polar surface area (TPSA) is 0 Å². The minimum absolute atomic E-state index is 0.268. The van der Waals surface area contributed by atoms with Gasteiger partial charge in [0.1, 0.15) is 0 Å². The van der Waals surface area contributed by atoms with Crippen molar-refractivity contribution in [1.29, 1.82) is 0 Å². The Hall–Kier alpha value is -3.06. The van der Waals surface area contributed by atoms with E-state index in [0.717, 1.165) is 12.8 Å². The molecule has 1 heteroatoms. The van der Waals surface area contributed by atoms with E-state index in [-0.39, 0.29) is 6.71 Å². The van der Waals surface area contributed by atoms with Gasteiger partial charge < -0.3 is 0 Å². The van der Waals surface area contributed by atoms with Crippen molar-refractivity contribution in [3.63, 3.8) is 0 Å². The van der Waals surface area contributed by atoms with Crippen LogP contribution in [-0.2, 0) is 6.42 Å². The maximum absolute atomic E-state index is 2.44. The number of hydrogen-bond donors (Lipinski definition) is 0. The maximum Gasteiger partial charge on any atom is 0.242 e. The molecule has 0 spiro atoms. The second-order valence-corrected chi connectivity index (χ2v) is 9.08. The van der Waals surface area contributed by atoms with Crippen molar-refractivity contribution in [2.24, 2.45) is 5.92 Å². The highest BCUT2D eigenvalue weighted by molar-refractivity contribution is 6.93. The molecular formula is C30H27B. The van der Waals surface area contributed by atoms with Crippen LogP contribution in [0.3, 0.4) is 0 Å². The molecule has 31 heavy (non-hydrogen) atoms. The van der Waals surface area contributed by atoms with Crippen LogP contribution in [0, 0.1) is 5.92 Å². The molecule has 3 aromatic rings. The van der Waals surface area contributed by atoms with E-state index in [2.05, 4.69) is 97.1 Å². The second kappa shape index (κ2) is 7.89. The summed E-state index contributed by atoms with van der Waals surface area (Å²) in [6.45, 7) is 0.268. The van der Waals surface area contributed by atoms with E-state index < -0.39 is 0 Å². The third-order valence-corrected chi connectivity index (χ3v) is 7.33. The molecule has 1 atom stereocenters. The molecule has 0 aliphatic heterocycles. The zero-order valence-electron chi connectivity index (χ0n) is 17.9. The van der Waals surface area contributed by atoms with Crippen molar-refractivity contribution in [2.45, 2.75) is 32.1 Å². The SMILES string of the molecule is C1=Cc2cccc(B(C3=C4C=CCCC4CC=C3)c3cccc4ccccc34)c2CC1. The lowest BCUT2D eigenvalue weighted by Crippen LogP contribution is -2.47. The number of fused-ring (bicyclic) bond motifs is 3. The minimum Gasteiger partial charge on any atom is -0.0844 e. The summed E-state index contributed by atoms with van der Waals surface area (Å²) in [6.07, 6.45) is 20.3. The molecule has 0 amide bonds. The summed E-state index contributed by atoms with van der Waals surface area (Å²) in [5.41, 5.74) is 8.93. The normalized spacial score (nSPS) is 19.4. The fourth-order valence-corrected chi connectivity index (χ4v) is 5.88. The summed E-state index contributed by atoms with van der Waals surface area (Å²) in [4.78, 5) is 0. The van der Waals surface area contributed by atoms with Crippen molar-refractivity contribution in [1.82, 2.24) is 0 Å². The molecule has 0 radical (unpaired) electrons. The van der Waals surface area contributed by atoms with Crippen LogP contribution in [0.5, 0.6) is 0 Å². The molecule has 0 saturated carbocycles. The zero-order valence-corrected chi connectivity index (χ0v) is 17.9. The van der Waals surface area contributed by atoms with Gasteiger partial charge in [-0.25, -0.2) is 0 Å².